The first kappa shape index (κ1) is 24.5. The van der Waals surface area contributed by atoms with Crippen LogP contribution in [-0.2, 0) is 16.6 Å². The first-order chi connectivity index (χ1) is 17.4. The van der Waals surface area contributed by atoms with Gasteiger partial charge in [-0.25, -0.2) is 4.79 Å². The van der Waals surface area contributed by atoms with E-state index >= 15 is 0 Å². The van der Waals surface area contributed by atoms with Crippen molar-refractivity contribution in [1.29, 1.82) is 0 Å². The number of likely N-dealkylation sites (tertiary alicyclic amines) is 1. The number of carbonyl (C=O) groups excluding carboxylic acids is 2. The van der Waals surface area contributed by atoms with Crippen molar-refractivity contribution in [2.75, 3.05) is 30.8 Å². The molecule has 2 unspecified atom stereocenters. The van der Waals surface area contributed by atoms with Gasteiger partial charge in [0.15, 0.2) is 0 Å². The number of nitrogens with zero attached hydrogens (tertiary/aromatic N) is 1. The van der Waals surface area contributed by atoms with Crippen molar-refractivity contribution in [3.05, 3.63) is 87.9 Å². The molecule has 0 radical (unpaired) electrons. The highest BCUT2D eigenvalue weighted by atomic mass is 35.5. The number of urea groups is 1. The van der Waals surface area contributed by atoms with Gasteiger partial charge in [-0.2, -0.15) is 0 Å². The molecule has 0 bridgehead atoms. The second-order valence-electron chi connectivity index (χ2n) is 9.34. The lowest BCUT2D eigenvalue weighted by molar-refractivity contribution is -0.123. The number of piperidine rings is 1. The van der Waals surface area contributed by atoms with Gasteiger partial charge in [0.1, 0.15) is 5.75 Å². The van der Waals surface area contributed by atoms with Crippen LogP contribution in [0.5, 0.6) is 5.75 Å². The summed E-state index contributed by atoms with van der Waals surface area (Å²) in [5, 5.41) is 7.23. The SMILES string of the molecule is COc1ccccc1NC(=O)N1CCCC(C2(Cc3cccc(Cl)c3)C(=O)Nc3cc(Cl)ccc32)C1. The summed E-state index contributed by atoms with van der Waals surface area (Å²) in [4.78, 5) is 28.9. The van der Waals surface area contributed by atoms with Gasteiger partial charge in [0.25, 0.3) is 0 Å². The van der Waals surface area contributed by atoms with Crippen molar-refractivity contribution in [3.8, 4) is 5.75 Å². The third kappa shape index (κ3) is 4.51. The summed E-state index contributed by atoms with van der Waals surface area (Å²) < 4.78 is 5.38. The molecular weight excluding hydrogens is 497 g/mol. The van der Waals surface area contributed by atoms with Crippen LogP contribution >= 0.6 is 23.2 Å². The van der Waals surface area contributed by atoms with Gasteiger partial charge < -0.3 is 20.3 Å². The Morgan fingerprint density at radius 1 is 1.11 bits per heavy atom. The zero-order valence-corrected chi connectivity index (χ0v) is 21.4. The van der Waals surface area contributed by atoms with Crippen molar-refractivity contribution in [1.82, 2.24) is 4.90 Å². The Morgan fingerprint density at radius 2 is 1.92 bits per heavy atom. The molecular formula is C28H27Cl2N3O3. The maximum absolute atomic E-state index is 13.8. The molecule has 2 N–H and O–H groups in total. The van der Waals surface area contributed by atoms with Crippen molar-refractivity contribution < 1.29 is 14.3 Å². The van der Waals surface area contributed by atoms with Crippen LogP contribution in [0.15, 0.2) is 66.7 Å². The molecule has 2 aliphatic heterocycles. The summed E-state index contributed by atoms with van der Waals surface area (Å²) >= 11 is 12.6. The van der Waals surface area contributed by atoms with Crippen LogP contribution in [0.4, 0.5) is 16.2 Å². The second-order valence-corrected chi connectivity index (χ2v) is 10.2. The number of ether oxygens (including phenoxy) is 1. The molecule has 2 aliphatic rings. The third-order valence-corrected chi connectivity index (χ3v) is 7.71. The monoisotopic (exact) mass is 523 g/mol. The lowest BCUT2D eigenvalue weighted by atomic mass is 9.65. The highest BCUT2D eigenvalue weighted by Crippen LogP contribution is 2.49. The predicted molar refractivity (Wildman–Crippen MR) is 143 cm³/mol. The van der Waals surface area contributed by atoms with Crippen molar-refractivity contribution in [2.45, 2.75) is 24.7 Å². The molecule has 5 rings (SSSR count). The minimum absolute atomic E-state index is 0.0725. The Labute approximate surface area is 220 Å². The summed E-state index contributed by atoms with van der Waals surface area (Å²) in [7, 11) is 1.57. The van der Waals surface area contributed by atoms with Crippen LogP contribution < -0.4 is 15.4 Å². The van der Waals surface area contributed by atoms with Crippen molar-refractivity contribution in [2.24, 2.45) is 5.92 Å². The maximum Gasteiger partial charge on any atom is 0.321 e. The number of hydrogen-bond acceptors (Lipinski definition) is 3. The lowest BCUT2D eigenvalue weighted by Crippen LogP contribution is -2.52. The molecule has 3 aromatic carbocycles. The average Bonchev–Trinajstić information content (AvgIpc) is 3.15. The minimum Gasteiger partial charge on any atom is -0.495 e. The fourth-order valence-electron chi connectivity index (χ4n) is 5.57. The summed E-state index contributed by atoms with van der Waals surface area (Å²) in [6.45, 7) is 1.05. The molecule has 3 aromatic rings. The Morgan fingerprint density at radius 3 is 2.72 bits per heavy atom. The van der Waals surface area contributed by atoms with E-state index in [-0.39, 0.29) is 17.9 Å². The largest absolute Gasteiger partial charge is 0.495 e. The smallest absolute Gasteiger partial charge is 0.321 e. The standard InChI is InChI=1S/C28H27Cl2N3O3/c1-36-25-10-3-2-9-23(25)32-27(35)33-13-5-7-19(17-33)28(16-18-6-4-8-20(29)14-18)22-12-11-21(30)15-24(22)31-26(28)34/h2-4,6,8-12,14-15,19H,5,7,13,16-17H2,1H3,(H,31,34)(H,32,35). The number of carbonyl (C=O) groups is 2. The molecule has 1 fully saturated rings. The zero-order valence-electron chi connectivity index (χ0n) is 19.9. The number of nitrogens with one attached hydrogen (secondary N) is 2. The Kier molecular flexibility index (Phi) is 6.82. The molecule has 0 aliphatic carbocycles. The molecule has 3 amide bonds. The van der Waals surface area contributed by atoms with E-state index < -0.39 is 5.41 Å². The van der Waals surface area contributed by atoms with Gasteiger partial charge >= 0.3 is 6.03 Å². The average molecular weight is 524 g/mol. The molecule has 1 saturated heterocycles. The molecule has 0 saturated carbocycles. The zero-order chi connectivity index (χ0) is 25.3. The predicted octanol–water partition coefficient (Wildman–Crippen LogP) is 6.38. The first-order valence-corrected chi connectivity index (χ1v) is 12.7. The number of fused-ring (bicyclic) bond motifs is 1. The van der Waals surface area contributed by atoms with E-state index in [1.807, 2.05) is 54.6 Å². The molecule has 0 aromatic heterocycles. The van der Waals surface area contributed by atoms with Gasteiger partial charge in [0, 0.05) is 28.8 Å². The Hall–Kier alpha value is -3.22. The summed E-state index contributed by atoms with van der Waals surface area (Å²) in [6, 6.07) is 20.3. The summed E-state index contributed by atoms with van der Waals surface area (Å²) in [5.74, 6) is 0.422. The number of anilines is 2. The molecule has 0 spiro atoms. The maximum atomic E-state index is 13.8. The Balaban J connectivity index is 1.48. The van der Waals surface area contributed by atoms with Crippen molar-refractivity contribution in [3.63, 3.8) is 0 Å². The fourth-order valence-corrected chi connectivity index (χ4v) is 5.95. The van der Waals surface area contributed by atoms with E-state index in [0.717, 1.165) is 29.7 Å². The van der Waals surface area contributed by atoms with Gasteiger partial charge in [0.05, 0.1) is 18.2 Å². The van der Waals surface area contributed by atoms with E-state index in [1.54, 1.807) is 24.1 Å². The number of para-hydroxylation sites is 2. The number of rotatable bonds is 5. The van der Waals surface area contributed by atoms with Gasteiger partial charge in [-0.3, -0.25) is 4.79 Å². The molecule has 186 valence electrons. The third-order valence-electron chi connectivity index (χ3n) is 7.24. The summed E-state index contributed by atoms with van der Waals surface area (Å²) in [5.41, 5.74) is 2.36. The molecule has 2 atom stereocenters. The van der Waals surface area contributed by atoms with Crippen LogP contribution in [0.1, 0.15) is 24.0 Å². The van der Waals surface area contributed by atoms with E-state index in [0.29, 0.717) is 41.0 Å². The second kappa shape index (κ2) is 10.0. The van der Waals surface area contributed by atoms with E-state index in [2.05, 4.69) is 10.6 Å². The normalized spacial score (nSPS) is 21.0. The van der Waals surface area contributed by atoms with Gasteiger partial charge in [-0.15, -0.1) is 0 Å². The summed E-state index contributed by atoms with van der Waals surface area (Å²) in [6.07, 6.45) is 2.08. The molecule has 36 heavy (non-hydrogen) atoms. The van der Waals surface area contributed by atoms with E-state index in [9.17, 15) is 9.59 Å². The number of methoxy groups -OCH3 is 1. The first-order valence-electron chi connectivity index (χ1n) is 12.0. The Bertz CT molecular complexity index is 1310. The number of halogens is 2. The van der Waals surface area contributed by atoms with E-state index in [1.165, 1.54) is 0 Å². The van der Waals surface area contributed by atoms with Gasteiger partial charge in [-0.1, -0.05) is 53.5 Å². The minimum atomic E-state index is -0.853. The molecule has 6 nitrogen and oxygen atoms in total. The topological polar surface area (TPSA) is 70.7 Å². The lowest BCUT2D eigenvalue weighted by Gasteiger charge is -2.42. The fraction of sp³-hybridized carbons (Fsp3) is 0.286. The number of amides is 3. The molecule has 2 heterocycles. The van der Waals surface area contributed by atoms with Crippen LogP contribution in [0.2, 0.25) is 10.0 Å². The van der Waals surface area contributed by atoms with Crippen LogP contribution in [0, 0.1) is 5.92 Å². The van der Waals surface area contributed by atoms with Crippen LogP contribution in [-0.4, -0.2) is 37.0 Å². The number of hydrogen-bond donors (Lipinski definition) is 2. The highest BCUT2D eigenvalue weighted by Gasteiger charge is 2.53. The van der Waals surface area contributed by atoms with Crippen LogP contribution in [0.25, 0.3) is 0 Å². The quantitative estimate of drug-likeness (QED) is 0.407. The van der Waals surface area contributed by atoms with E-state index in [4.69, 9.17) is 27.9 Å². The van der Waals surface area contributed by atoms with Gasteiger partial charge in [-0.05, 0) is 72.7 Å². The van der Waals surface area contributed by atoms with Crippen molar-refractivity contribution >= 4 is 46.5 Å². The van der Waals surface area contributed by atoms with Gasteiger partial charge in [0.2, 0.25) is 5.91 Å². The highest BCUT2D eigenvalue weighted by molar-refractivity contribution is 6.31. The van der Waals surface area contributed by atoms with Crippen LogP contribution in [0.3, 0.4) is 0 Å². The molecule has 8 heteroatoms. The number of benzene rings is 3.